The summed E-state index contributed by atoms with van der Waals surface area (Å²) < 4.78 is 12.2. The van der Waals surface area contributed by atoms with Crippen molar-refractivity contribution < 1.29 is 14.4 Å². The van der Waals surface area contributed by atoms with E-state index in [1.807, 2.05) is 58.0 Å². The molecule has 136 valence electrons. The van der Waals surface area contributed by atoms with Gasteiger partial charge >= 0.3 is 7.12 Å². The van der Waals surface area contributed by atoms with Gasteiger partial charge in [-0.25, -0.2) is 0 Å². The molecule has 4 nitrogen and oxygen atoms in total. The number of phenolic OH excluding ortho intramolecular Hbond substituents is 1. The predicted molar refractivity (Wildman–Crippen MR) is 107 cm³/mol. The molecule has 3 rings (SSSR count). The lowest BCUT2D eigenvalue weighted by molar-refractivity contribution is 0.00578. The lowest BCUT2D eigenvalue weighted by Gasteiger charge is -2.32. The predicted octanol–water partition coefficient (Wildman–Crippen LogP) is 4.03. The fourth-order valence-corrected chi connectivity index (χ4v) is 2.86. The first kappa shape index (κ1) is 18.7. The SMILES string of the molecule is CC1(C)OB(C(=Cc2ccc(-c3ccc(O)cc3)cc2)CN)OC1(C)C. The zero-order valence-corrected chi connectivity index (χ0v) is 15.8. The second-order valence-electron chi connectivity index (χ2n) is 7.68. The summed E-state index contributed by atoms with van der Waals surface area (Å²) in [5.41, 5.74) is 9.31. The Hall–Kier alpha value is -2.08. The van der Waals surface area contributed by atoms with Gasteiger partial charge in [0.15, 0.2) is 0 Å². The fraction of sp³-hybridized carbons (Fsp3) is 0.333. The van der Waals surface area contributed by atoms with Crippen molar-refractivity contribution in [2.45, 2.75) is 38.9 Å². The van der Waals surface area contributed by atoms with E-state index in [0.717, 1.165) is 22.2 Å². The van der Waals surface area contributed by atoms with E-state index < -0.39 is 7.12 Å². The second-order valence-corrected chi connectivity index (χ2v) is 7.68. The highest BCUT2D eigenvalue weighted by molar-refractivity contribution is 6.55. The van der Waals surface area contributed by atoms with Crippen molar-refractivity contribution >= 4 is 13.2 Å². The van der Waals surface area contributed by atoms with Gasteiger partial charge in [0.1, 0.15) is 5.75 Å². The van der Waals surface area contributed by atoms with Crippen LogP contribution in [0.1, 0.15) is 33.3 Å². The zero-order chi connectivity index (χ0) is 18.9. The molecule has 1 aliphatic heterocycles. The molecule has 0 bridgehead atoms. The molecule has 1 aliphatic rings. The van der Waals surface area contributed by atoms with Gasteiger partial charge in [-0.3, -0.25) is 0 Å². The summed E-state index contributed by atoms with van der Waals surface area (Å²) in [4.78, 5) is 0. The maximum atomic E-state index is 9.41. The quantitative estimate of drug-likeness (QED) is 0.817. The van der Waals surface area contributed by atoms with Gasteiger partial charge in [-0.2, -0.15) is 0 Å². The van der Waals surface area contributed by atoms with Crippen molar-refractivity contribution in [2.24, 2.45) is 5.73 Å². The van der Waals surface area contributed by atoms with Crippen molar-refractivity contribution in [3.63, 3.8) is 0 Å². The number of hydrogen-bond acceptors (Lipinski definition) is 4. The van der Waals surface area contributed by atoms with Gasteiger partial charge in [0.25, 0.3) is 0 Å². The Morgan fingerprint density at radius 3 is 1.85 bits per heavy atom. The first-order valence-corrected chi connectivity index (χ1v) is 8.87. The molecule has 0 unspecified atom stereocenters. The number of phenols is 1. The Balaban J connectivity index is 1.81. The van der Waals surface area contributed by atoms with Crippen LogP contribution in [0.3, 0.4) is 0 Å². The molecule has 26 heavy (non-hydrogen) atoms. The lowest BCUT2D eigenvalue weighted by Crippen LogP contribution is -2.41. The summed E-state index contributed by atoms with van der Waals surface area (Å²) in [5, 5.41) is 9.41. The van der Waals surface area contributed by atoms with Crippen LogP contribution in [0.5, 0.6) is 5.75 Å². The van der Waals surface area contributed by atoms with Gasteiger partial charge in [-0.1, -0.05) is 42.5 Å². The lowest BCUT2D eigenvalue weighted by atomic mass is 9.77. The molecule has 2 aromatic rings. The minimum atomic E-state index is -0.429. The molecule has 0 aromatic heterocycles. The van der Waals surface area contributed by atoms with Crippen molar-refractivity contribution in [2.75, 3.05) is 6.54 Å². The first-order valence-electron chi connectivity index (χ1n) is 8.87. The monoisotopic (exact) mass is 351 g/mol. The number of nitrogens with two attached hydrogens (primary N) is 1. The number of benzene rings is 2. The van der Waals surface area contributed by atoms with E-state index in [0.29, 0.717) is 6.54 Å². The highest BCUT2D eigenvalue weighted by atomic mass is 16.7. The van der Waals surface area contributed by atoms with Crippen molar-refractivity contribution in [3.05, 3.63) is 59.6 Å². The van der Waals surface area contributed by atoms with Crippen LogP contribution in [-0.2, 0) is 9.31 Å². The van der Waals surface area contributed by atoms with Crippen LogP contribution in [0.15, 0.2) is 54.0 Å². The molecule has 3 N–H and O–H groups in total. The third kappa shape index (κ3) is 3.70. The minimum Gasteiger partial charge on any atom is -0.508 e. The Morgan fingerprint density at radius 2 is 1.38 bits per heavy atom. The van der Waals surface area contributed by atoms with Crippen molar-refractivity contribution in [3.8, 4) is 16.9 Å². The molecule has 0 atom stereocenters. The number of hydrogen-bond donors (Lipinski definition) is 2. The Morgan fingerprint density at radius 1 is 0.923 bits per heavy atom. The van der Waals surface area contributed by atoms with E-state index in [9.17, 15) is 5.11 Å². The topological polar surface area (TPSA) is 64.7 Å². The molecule has 0 saturated carbocycles. The van der Waals surface area contributed by atoms with Gasteiger partial charge in [0.05, 0.1) is 11.2 Å². The Bertz CT molecular complexity index is 779. The molecular formula is C21H26BNO3. The fourth-order valence-electron chi connectivity index (χ4n) is 2.86. The highest BCUT2D eigenvalue weighted by Gasteiger charge is 2.52. The van der Waals surface area contributed by atoms with Crippen LogP contribution in [0.4, 0.5) is 0 Å². The Kier molecular flexibility index (Phi) is 4.97. The van der Waals surface area contributed by atoms with E-state index in [4.69, 9.17) is 15.0 Å². The van der Waals surface area contributed by atoms with Gasteiger partial charge in [-0.15, -0.1) is 0 Å². The first-order chi connectivity index (χ1) is 12.2. The van der Waals surface area contributed by atoms with Crippen LogP contribution in [-0.4, -0.2) is 30.0 Å². The molecule has 1 saturated heterocycles. The summed E-state index contributed by atoms with van der Waals surface area (Å²) in [6, 6.07) is 15.4. The second kappa shape index (κ2) is 6.91. The summed E-state index contributed by atoms with van der Waals surface area (Å²) >= 11 is 0. The average molecular weight is 351 g/mol. The van der Waals surface area contributed by atoms with Crippen LogP contribution >= 0.6 is 0 Å². The Labute approximate surface area is 155 Å². The molecular weight excluding hydrogens is 325 g/mol. The molecule has 1 fully saturated rings. The van der Waals surface area contributed by atoms with Crippen molar-refractivity contribution in [1.82, 2.24) is 0 Å². The van der Waals surface area contributed by atoms with E-state index in [1.165, 1.54) is 0 Å². The van der Waals surface area contributed by atoms with Gasteiger partial charge < -0.3 is 20.1 Å². The number of aromatic hydroxyl groups is 1. The molecule has 5 heteroatoms. The summed E-state index contributed by atoms with van der Waals surface area (Å²) in [6.45, 7) is 8.51. The summed E-state index contributed by atoms with van der Waals surface area (Å²) in [5.74, 6) is 0.267. The molecule has 2 aromatic carbocycles. The van der Waals surface area contributed by atoms with E-state index >= 15 is 0 Å². The molecule has 0 radical (unpaired) electrons. The maximum Gasteiger partial charge on any atom is 0.491 e. The third-order valence-corrected chi connectivity index (χ3v) is 5.26. The highest BCUT2D eigenvalue weighted by Crippen LogP contribution is 2.38. The molecule has 0 spiro atoms. The third-order valence-electron chi connectivity index (χ3n) is 5.26. The van der Waals surface area contributed by atoms with E-state index in [-0.39, 0.29) is 17.0 Å². The smallest absolute Gasteiger partial charge is 0.491 e. The van der Waals surface area contributed by atoms with Crippen molar-refractivity contribution in [1.29, 1.82) is 0 Å². The van der Waals surface area contributed by atoms with Crippen LogP contribution in [0.2, 0.25) is 0 Å². The zero-order valence-electron chi connectivity index (χ0n) is 15.8. The summed E-state index contributed by atoms with van der Waals surface area (Å²) in [7, 11) is -0.429. The molecule has 0 amide bonds. The summed E-state index contributed by atoms with van der Waals surface area (Å²) in [6.07, 6.45) is 2.03. The van der Waals surface area contributed by atoms with Gasteiger partial charge in [0.2, 0.25) is 0 Å². The van der Waals surface area contributed by atoms with E-state index in [1.54, 1.807) is 12.1 Å². The standard InChI is InChI=1S/C21H26BNO3/c1-20(2)21(3,4)26-22(25-20)18(14-23)13-15-5-7-16(8-6-15)17-9-11-19(24)12-10-17/h5-13,24H,14,23H2,1-4H3. The van der Waals surface area contributed by atoms with Gasteiger partial charge in [-0.05, 0) is 62.0 Å². The average Bonchev–Trinajstić information content (AvgIpc) is 2.81. The van der Waals surface area contributed by atoms with Crippen LogP contribution < -0.4 is 5.73 Å². The maximum absolute atomic E-state index is 9.41. The van der Waals surface area contributed by atoms with Crippen LogP contribution in [0, 0.1) is 0 Å². The minimum absolute atomic E-state index is 0.267. The molecule has 1 heterocycles. The van der Waals surface area contributed by atoms with Crippen LogP contribution in [0.25, 0.3) is 17.2 Å². The van der Waals surface area contributed by atoms with Gasteiger partial charge in [0, 0.05) is 6.54 Å². The normalized spacial score (nSPS) is 19.0. The largest absolute Gasteiger partial charge is 0.508 e. The van der Waals surface area contributed by atoms with E-state index in [2.05, 4.69) is 12.1 Å². The molecule has 0 aliphatic carbocycles. The number of rotatable bonds is 4.